The zero-order chi connectivity index (χ0) is 16.9. The van der Waals surface area contributed by atoms with Gasteiger partial charge in [0, 0.05) is 32.8 Å². The first-order chi connectivity index (χ1) is 11.2. The maximum atomic E-state index is 5.65. The van der Waals surface area contributed by atoms with Gasteiger partial charge < -0.3 is 20.3 Å². The van der Waals surface area contributed by atoms with Crippen LogP contribution in [-0.2, 0) is 4.74 Å². The summed E-state index contributed by atoms with van der Waals surface area (Å²) in [7, 11) is 1.83. The number of nitrogens with zero attached hydrogens (tertiary/aromatic N) is 2. The second kappa shape index (κ2) is 15.2. The van der Waals surface area contributed by atoms with E-state index in [1.807, 2.05) is 7.05 Å². The first-order valence-corrected chi connectivity index (χ1v) is 9.46. The van der Waals surface area contributed by atoms with Gasteiger partial charge in [0.25, 0.3) is 0 Å². The topological polar surface area (TPSA) is 48.9 Å². The number of rotatable bonds is 13. The van der Waals surface area contributed by atoms with Crippen molar-refractivity contribution >= 4 is 29.9 Å². The Kier molecular flexibility index (Phi) is 15.1. The van der Waals surface area contributed by atoms with E-state index in [1.54, 1.807) is 0 Å². The lowest BCUT2D eigenvalue weighted by Crippen LogP contribution is -2.43. The molecule has 0 spiro atoms. The van der Waals surface area contributed by atoms with E-state index in [1.165, 1.54) is 32.2 Å². The van der Waals surface area contributed by atoms with Gasteiger partial charge in [-0.3, -0.25) is 4.99 Å². The SMILES string of the molecule is CCN(CC)CCCC(C)NC(=NC)NCCCOCC1CC1.I. The Hall–Kier alpha value is -0.0800. The largest absolute Gasteiger partial charge is 0.381 e. The highest BCUT2D eigenvalue weighted by atomic mass is 127. The molecule has 0 radical (unpaired) electrons. The fourth-order valence-electron chi connectivity index (χ4n) is 2.58. The van der Waals surface area contributed by atoms with Crippen molar-refractivity contribution in [2.24, 2.45) is 10.9 Å². The molecule has 144 valence electrons. The maximum absolute atomic E-state index is 5.65. The average molecular weight is 454 g/mol. The minimum atomic E-state index is 0. The van der Waals surface area contributed by atoms with Gasteiger partial charge in [0.15, 0.2) is 5.96 Å². The summed E-state index contributed by atoms with van der Waals surface area (Å²) in [4.78, 5) is 6.78. The predicted octanol–water partition coefficient (Wildman–Crippen LogP) is 3.10. The standard InChI is InChI=1S/C18H38N4O.HI/c1-5-22(6-2)13-7-9-16(3)21-18(19-4)20-12-8-14-23-15-17-10-11-17;/h16-17H,5-15H2,1-4H3,(H2,19,20,21);1H. The number of halogens is 1. The number of aliphatic imine (C=N–C) groups is 1. The van der Waals surface area contributed by atoms with Crippen LogP contribution in [0.4, 0.5) is 0 Å². The maximum Gasteiger partial charge on any atom is 0.191 e. The molecule has 1 rings (SSSR count). The molecule has 1 atom stereocenters. The highest BCUT2D eigenvalue weighted by Gasteiger charge is 2.20. The Morgan fingerprint density at radius 3 is 2.54 bits per heavy atom. The molecular formula is C18H39IN4O. The molecule has 0 heterocycles. The van der Waals surface area contributed by atoms with E-state index in [0.29, 0.717) is 6.04 Å². The number of guanidine groups is 1. The van der Waals surface area contributed by atoms with Crippen molar-refractivity contribution < 1.29 is 4.74 Å². The Balaban J connectivity index is 0.00000529. The van der Waals surface area contributed by atoms with Gasteiger partial charge in [-0.05, 0) is 64.6 Å². The molecule has 1 aliphatic carbocycles. The normalized spacial score (nSPS) is 16.0. The van der Waals surface area contributed by atoms with E-state index < -0.39 is 0 Å². The van der Waals surface area contributed by atoms with Crippen molar-refractivity contribution in [1.82, 2.24) is 15.5 Å². The summed E-state index contributed by atoms with van der Waals surface area (Å²) in [6, 6.07) is 0.447. The molecule has 24 heavy (non-hydrogen) atoms. The Morgan fingerprint density at radius 2 is 1.96 bits per heavy atom. The van der Waals surface area contributed by atoms with Crippen molar-refractivity contribution in [2.75, 3.05) is 46.4 Å². The molecule has 5 nitrogen and oxygen atoms in total. The fourth-order valence-corrected chi connectivity index (χ4v) is 2.58. The van der Waals surface area contributed by atoms with Crippen LogP contribution in [0.25, 0.3) is 0 Å². The van der Waals surface area contributed by atoms with Crippen LogP contribution in [-0.4, -0.2) is 63.3 Å². The van der Waals surface area contributed by atoms with Crippen molar-refractivity contribution in [3.05, 3.63) is 0 Å². The molecule has 1 fully saturated rings. The first kappa shape index (κ1) is 23.9. The summed E-state index contributed by atoms with van der Waals surface area (Å²) in [5.41, 5.74) is 0. The number of hydrogen-bond acceptors (Lipinski definition) is 3. The van der Waals surface area contributed by atoms with Gasteiger partial charge in [-0.1, -0.05) is 13.8 Å². The van der Waals surface area contributed by atoms with Crippen LogP contribution in [0.15, 0.2) is 4.99 Å². The van der Waals surface area contributed by atoms with Gasteiger partial charge >= 0.3 is 0 Å². The smallest absolute Gasteiger partial charge is 0.191 e. The summed E-state index contributed by atoms with van der Waals surface area (Å²) in [6.45, 7) is 12.9. The third kappa shape index (κ3) is 12.3. The molecule has 0 aromatic carbocycles. The van der Waals surface area contributed by atoms with Gasteiger partial charge in [0.2, 0.25) is 0 Å². The lowest BCUT2D eigenvalue weighted by molar-refractivity contribution is 0.123. The van der Waals surface area contributed by atoms with Crippen LogP contribution in [0.5, 0.6) is 0 Å². The summed E-state index contributed by atoms with van der Waals surface area (Å²) in [5.74, 6) is 1.76. The lowest BCUT2D eigenvalue weighted by Gasteiger charge is -2.21. The van der Waals surface area contributed by atoms with Crippen LogP contribution < -0.4 is 10.6 Å². The van der Waals surface area contributed by atoms with Crippen LogP contribution >= 0.6 is 24.0 Å². The molecule has 6 heteroatoms. The highest BCUT2D eigenvalue weighted by Crippen LogP contribution is 2.28. The lowest BCUT2D eigenvalue weighted by atomic mass is 10.2. The quantitative estimate of drug-likeness (QED) is 0.194. The Morgan fingerprint density at radius 1 is 1.25 bits per heavy atom. The highest BCUT2D eigenvalue weighted by molar-refractivity contribution is 14.0. The van der Waals surface area contributed by atoms with Gasteiger partial charge in [-0.25, -0.2) is 0 Å². The first-order valence-electron chi connectivity index (χ1n) is 9.46. The Bertz CT molecular complexity index is 320. The number of hydrogen-bond donors (Lipinski definition) is 2. The van der Waals surface area contributed by atoms with E-state index in [4.69, 9.17) is 4.74 Å². The van der Waals surface area contributed by atoms with Crippen molar-refractivity contribution in [3.8, 4) is 0 Å². The molecule has 0 aliphatic heterocycles. The summed E-state index contributed by atoms with van der Waals surface area (Å²) in [5, 5.41) is 6.85. The molecule has 0 bridgehead atoms. The molecule has 0 aromatic heterocycles. The Labute approximate surface area is 166 Å². The minimum absolute atomic E-state index is 0. The molecule has 2 N–H and O–H groups in total. The van der Waals surface area contributed by atoms with E-state index in [2.05, 4.69) is 41.3 Å². The number of nitrogens with one attached hydrogen (secondary N) is 2. The second-order valence-corrected chi connectivity index (χ2v) is 6.59. The molecule has 0 amide bonds. The second-order valence-electron chi connectivity index (χ2n) is 6.59. The van der Waals surface area contributed by atoms with E-state index in [-0.39, 0.29) is 24.0 Å². The van der Waals surface area contributed by atoms with E-state index >= 15 is 0 Å². The van der Waals surface area contributed by atoms with E-state index in [9.17, 15) is 0 Å². The van der Waals surface area contributed by atoms with Crippen LogP contribution in [0.3, 0.4) is 0 Å². The minimum Gasteiger partial charge on any atom is -0.381 e. The zero-order valence-corrected chi connectivity index (χ0v) is 18.5. The van der Waals surface area contributed by atoms with Gasteiger partial charge in [-0.2, -0.15) is 0 Å². The fraction of sp³-hybridized carbons (Fsp3) is 0.944. The molecular weight excluding hydrogens is 415 g/mol. The molecule has 1 unspecified atom stereocenters. The van der Waals surface area contributed by atoms with Gasteiger partial charge in [0.05, 0.1) is 0 Å². The van der Waals surface area contributed by atoms with Gasteiger partial charge in [-0.15, -0.1) is 24.0 Å². The van der Waals surface area contributed by atoms with Gasteiger partial charge in [0.1, 0.15) is 0 Å². The molecule has 1 saturated carbocycles. The zero-order valence-electron chi connectivity index (χ0n) is 16.1. The number of ether oxygens (including phenoxy) is 1. The summed E-state index contributed by atoms with van der Waals surface area (Å²) < 4.78 is 5.65. The molecule has 0 saturated heterocycles. The third-order valence-corrected chi connectivity index (χ3v) is 4.42. The van der Waals surface area contributed by atoms with Crippen molar-refractivity contribution in [2.45, 2.75) is 58.9 Å². The summed E-state index contributed by atoms with van der Waals surface area (Å²) >= 11 is 0. The molecule has 1 aliphatic rings. The van der Waals surface area contributed by atoms with Crippen LogP contribution in [0.1, 0.15) is 52.9 Å². The monoisotopic (exact) mass is 454 g/mol. The average Bonchev–Trinajstić information content (AvgIpc) is 3.38. The van der Waals surface area contributed by atoms with E-state index in [0.717, 1.165) is 51.1 Å². The third-order valence-electron chi connectivity index (χ3n) is 4.42. The van der Waals surface area contributed by atoms with Crippen molar-refractivity contribution in [1.29, 1.82) is 0 Å². The molecule has 0 aromatic rings. The summed E-state index contributed by atoms with van der Waals surface area (Å²) in [6.07, 6.45) is 6.15. The van der Waals surface area contributed by atoms with Crippen molar-refractivity contribution in [3.63, 3.8) is 0 Å². The predicted molar refractivity (Wildman–Crippen MR) is 115 cm³/mol. The van der Waals surface area contributed by atoms with Crippen LogP contribution in [0, 0.1) is 5.92 Å². The van der Waals surface area contributed by atoms with Crippen LogP contribution in [0.2, 0.25) is 0 Å².